The monoisotopic (exact) mass is 542 g/mol. The smallest absolute Gasteiger partial charge is 0.417 e. The molecule has 206 valence electrons. The van der Waals surface area contributed by atoms with E-state index in [2.05, 4.69) is 15.2 Å². The van der Waals surface area contributed by atoms with Crippen LogP contribution in [0.4, 0.5) is 13.2 Å². The maximum absolute atomic E-state index is 13.0. The van der Waals surface area contributed by atoms with E-state index in [1.54, 1.807) is 12.1 Å². The number of likely N-dealkylation sites (tertiary alicyclic amines) is 1. The van der Waals surface area contributed by atoms with Gasteiger partial charge in [-0.05, 0) is 61.6 Å². The Morgan fingerprint density at radius 1 is 1.00 bits per heavy atom. The normalized spacial score (nSPS) is 26.3. The van der Waals surface area contributed by atoms with Crippen LogP contribution in [0.3, 0.4) is 0 Å². The maximum atomic E-state index is 13.0. The zero-order valence-electron chi connectivity index (χ0n) is 21.2. The van der Waals surface area contributed by atoms with Gasteiger partial charge in [0.05, 0.1) is 5.56 Å². The van der Waals surface area contributed by atoms with Crippen LogP contribution in [0.1, 0.15) is 71.6 Å². The molecule has 8 nitrogen and oxygen atoms in total. The first-order chi connectivity index (χ1) is 18.7. The molecular formula is C28H29F3N4O4. The van der Waals surface area contributed by atoms with Crippen LogP contribution in [0.5, 0.6) is 5.75 Å². The average Bonchev–Trinajstić information content (AvgIpc) is 3.19. The number of fused-ring (bicyclic) bond motifs is 1. The van der Waals surface area contributed by atoms with Crippen molar-refractivity contribution in [3.8, 4) is 5.75 Å². The summed E-state index contributed by atoms with van der Waals surface area (Å²) >= 11 is 0. The Kier molecular flexibility index (Phi) is 6.57. The highest BCUT2D eigenvalue weighted by Crippen LogP contribution is 2.37. The number of carbonyl (C=O) groups is 3. The van der Waals surface area contributed by atoms with E-state index >= 15 is 0 Å². The minimum absolute atomic E-state index is 0.0401. The number of carbonyl (C=O) groups excluding carboxylic acids is 3. The van der Waals surface area contributed by atoms with Crippen LogP contribution in [0.15, 0.2) is 36.5 Å². The first kappa shape index (κ1) is 25.8. The first-order valence-corrected chi connectivity index (χ1v) is 13.4. The van der Waals surface area contributed by atoms with E-state index in [1.165, 1.54) is 11.0 Å². The van der Waals surface area contributed by atoms with E-state index in [1.807, 2.05) is 6.07 Å². The molecule has 0 bridgehead atoms. The highest BCUT2D eigenvalue weighted by Gasteiger charge is 2.41. The van der Waals surface area contributed by atoms with E-state index in [0.717, 1.165) is 56.6 Å². The fourth-order valence-electron chi connectivity index (χ4n) is 6.22. The highest BCUT2D eigenvalue weighted by atomic mass is 19.4. The predicted molar refractivity (Wildman–Crippen MR) is 133 cm³/mol. The summed E-state index contributed by atoms with van der Waals surface area (Å²) in [7, 11) is 0. The molecule has 0 radical (unpaired) electrons. The number of nitrogens with zero attached hydrogens (tertiary/aromatic N) is 3. The Hall–Kier alpha value is -3.47. The van der Waals surface area contributed by atoms with E-state index in [0.29, 0.717) is 30.0 Å². The molecular weight excluding hydrogens is 513 g/mol. The lowest BCUT2D eigenvalue weighted by Gasteiger charge is -2.48. The molecule has 1 aliphatic carbocycles. The van der Waals surface area contributed by atoms with Crippen molar-refractivity contribution in [3.63, 3.8) is 0 Å². The predicted octanol–water partition coefficient (Wildman–Crippen LogP) is 3.65. The average molecular weight is 543 g/mol. The van der Waals surface area contributed by atoms with Crippen LogP contribution in [0.2, 0.25) is 0 Å². The molecule has 1 aromatic carbocycles. The van der Waals surface area contributed by atoms with Crippen LogP contribution < -0.4 is 10.1 Å². The molecule has 3 fully saturated rings. The van der Waals surface area contributed by atoms with Crippen LogP contribution in [0.25, 0.3) is 0 Å². The summed E-state index contributed by atoms with van der Waals surface area (Å²) in [5, 5.41) is 2.32. The molecule has 39 heavy (non-hydrogen) atoms. The number of benzene rings is 1. The van der Waals surface area contributed by atoms with Gasteiger partial charge in [-0.3, -0.25) is 29.6 Å². The maximum Gasteiger partial charge on any atom is 0.417 e. The number of hydrogen-bond acceptors (Lipinski definition) is 6. The zero-order valence-corrected chi connectivity index (χ0v) is 21.2. The second-order valence-corrected chi connectivity index (χ2v) is 10.8. The van der Waals surface area contributed by atoms with Gasteiger partial charge >= 0.3 is 6.18 Å². The zero-order chi connectivity index (χ0) is 27.3. The molecule has 1 N–H and O–H groups in total. The molecule has 2 aromatic rings. The second-order valence-electron chi connectivity index (χ2n) is 10.8. The van der Waals surface area contributed by atoms with E-state index in [4.69, 9.17) is 4.74 Å². The van der Waals surface area contributed by atoms with Crippen LogP contribution in [0, 0.1) is 0 Å². The van der Waals surface area contributed by atoms with Gasteiger partial charge in [0.1, 0.15) is 17.9 Å². The van der Waals surface area contributed by atoms with Gasteiger partial charge in [-0.25, -0.2) is 0 Å². The van der Waals surface area contributed by atoms with Gasteiger partial charge in [0, 0.05) is 55.5 Å². The molecule has 4 aliphatic rings. The van der Waals surface area contributed by atoms with Crippen LogP contribution in [-0.4, -0.2) is 63.8 Å². The molecule has 3 atom stereocenters. The molecule has 2 unspecified atom stereocenters. The Labute approximate surface area is 223 Å². The number of nitrogens with one attached hydrogen (secondary N) is 1. The van der Waals surface area contributed by atoms with Crippen molar-refractivity contribution < 1.29 is 32.3 Å². The lowest BCUT2D eigenvalue weighted by atomic mass is 9.85. The topological polar surface area (TPSA) is 91.8 Å². The summed E-state index contributed by atoms with van der Waals surface area (Å²) < 4.78 is 45.0. The summed E-state index contributed by atoms with van der Waals surface area (Å²) in [6, 6.07) is 7.51. The summed E-state index contributed by atoms with van der Waals surface area (Å²) in [6.07, 6.45) is 1.00. The van der Waals surface area contributed by atoms with Gasteiger partial charge in [0.15, 0.2) is 0 Å². The number of halogens is 3. The first-order valence-electron chi connectivity index (χ1n) is 13.4. The molecule has 0 spiro atoms. The van der Waals surface area contributed by atoms with Gasteiger partial charge in [0.2, 0.25) is 11.8 Å². The molecule has 1 aromatic heterocycles. The van der Waals surface area contributed by atoms with Crippen molar-refractivity contribution in [1.82, 2.24) is 20.1 Å². The van der Waals surface area contributed by atoms with Crippen molar-refractivity contribution in [3.05, 3.63) is 58.9 Å². The summed E-state index contributed by atoms with van der Waals surface area (Å²) in [5.74, 6) is -0.204. The molecule has 3 aliphatic heterocycles. The Morgan fingerprint density at radius 3 is 2.51 bits per heavy atom. The number of rotatable bonds is 5. The summed E-state index contributed by atoms with van der Waals surface area (Å²) in [4.78, 5) is 44.7. The van der Waals surface area contributed by atoms with Crippen molar-refractivity contribution in [2.24, 2.45) is 0 Å². The number of hydrogen-bond donors (Lipinski definition) is 1. The Bertz CT molecular complexity index is 1290. The van der Waals surface area contributed by atoms with Crippen molar-refractivity contribution in [2.75, 3.05) is 13.1 Å². The standard InChI is InChI=1S/C28H29F3N4O4/c29-28(30,31)18-5-8-21(32-12-18)17-13-34(14-17)22-3-1-2-4-24(22)39-19-6-7-20-16(11-19)15-35(27(20)38)23-9-10-25(36)33-26(23)37/h5-8,11-12,17,22-24H,1-4,9-10,13-15H2,(H,33,36,37)/t22?,23?,24-/m0/s1. The lowest BCUT2D eigenvalue weighted by molar-refractivity contribution is -0.138. The quantitative estimate of drug-likeness (QED) is 0.580. The summed E-state index contributed by atoms with van der Waals surface area (Å²) in [5.41, 5.74) is 1.28. The van der Waals surface area contributed by atoms with Gasteiger partial charge in [-0.1, -0.05) is 6.42 Å². The number of pyridine rings is 1. The fraction of sp³-hybridized carbons (Fsp3) is 0.500. The molecule has 3 amide bonds. The van der Waals surface area contributed by atoms with Crippen molar-refractivity contribution in [1.29, 1.82) is 0 Å². The second kappa shape index (κ2) is 9.93. The lowest BCUT2D eigenvalue weighted by Crippen LogP contribution is -2.57. The van der Waals surface area contributed by atoms with E-state index in [-0.39, 0.29) is 36.3 Å². The number of imide groups is 1. The van der Waals surface area contributed by atoms with Crippen LogP contribution >= 0.6 is 0 Å². The van der Waals surface area contributed by atoms with Gasteiger partial charge in [-0.15, -0.1) is 0 Å². The third-order valence-corrected chi connectivity index (χ3v) is 8.36. The molecule has 6 rings (SSSR count). The van der Waals surface area contributed by atoms with E-state index in [9.17, 15) is 27.6 Å². The fourth-order valence-corrected chi connectivity index (χ4v) is 6.22. The largest absolute Gasteiger partial charge is 0.489 e. The number of amides is 3. The molecule has 4 heterocycles. The van der Waals surface area contributed by atoms with Gasteiger partial charge in [-0.2, -0.15) is 13.2 Å². The van der Waals surface area contributed by atoms with Gasteiger partial charge in [0.25, 0.3) is 5.91 Å². The van der Waals surface area contributed by atoms with Crippen molar-refractivity contribution in [2.45, 2.75) is 75.4 Å². The SMILES string of the molecule is O=C1CCC(N2Cc3cc(O[C@H]4CCCCC4N4CC(c5ccc(C(F)(F)F)cn5)C4)ccc3C2=O)C(=O)N1. The Morgan fingerprint density at radius 2 is 1.79 bits per heavy atom. The number of alkyl halides is 3. The molecule has 1 saturated carbocycles. The Balaban J connectivity index is 1.09. The molecule has 2 saturated heterocycles. The summed E-state index contributed by atoms with van der Waals surface area (Å²) in [6.45, 7) is 1.74. The minimum atomic E-state index is -4.39. The highest BCUT2D eigenvalue weighted by molar-refractivity contribution is 6.05. The third kappa shape index (κ3) is 4.99. The van der Waals surface area contributed by atoms with Crippen LogP contribution in [-0.2, 0) is 22.3 Å². The van der Waals surface area contributed by atoms with E-state index < -0.39 is 23.7 Å². The minimum Gasteiger partial charge on any atom is -0.489 e. The van der Waals surface area contributed by atoms with Gasteiger partial charge < -0.3 is 9.64 Å². The number of aromatic nitrogens is 1. The number of ether oxygens (including phenoxy) is 1. The third-order valence-electron chi connectivity index (χ3n) is 8.36. The molecule has 11 heteroatoms. The number of piperidine rings is 1. The van der Waals surface area contributed by atoms with Crippen molar-refractivity contribution >= 4 is 17.7 Å².